The molecule has 0 radical (unpaired) electrons. The van der Waals surface area contributed by atoms with Crippen molar-refractivity contribution >= 4 is 28.3 Å². The SMILES string of the molecule is Cn1ncc2c(=O)n(CC(=O)N3CCN(CCc4cccs4)CC3)cnc21. The first-order valence-corrected chi connectivity index (χ1v) is 9.89. The van der Waals surface area contributed by atoms with E-state index >= 15 is 0 Å². The normalized spacial score (nSPS) is 15.5. The lowest BCUT2D eigenvalue weighted by molar-refractivity contribution is -0.133. The molecule has 0 spiro atoms. The van der Waals surface area contributed by atoms with Crippen molar-refractivity contribution in [2.24, 2.45) is 7.05 Å². The fourth-order valence-electron chi connectivity index (χ4n) is 3.37. The van der Waals surface area contributed by atoms with Crippen LogP contribution >= 0.6 is 11.3 Å². The van der Waals surface area contributed by atoms with Gasteiger partial charge >= 0.3 is 0 Å². The fourth-order valence-corrected chi connectivity index (χ4v) is 4.07. The van der Waals surface area contributed by atoms with Crippen molar-refractivity contribution in [2.45, 2.75) is 13.0 Å². The molecular weight excluding hydrogens is 364 g/mol. The van der Waals surface area contributed by atoms with Crippen molar-refractivity contribution < 1.29 is 4.79 Å². The molecule has 142 valence electrons. The first kappa shape index (κ1) is 17.9. The molecule has 1 aliphatic rings. The summed E-state index contributed by atoms with van der Waals surface area (Å²) < 4.78 is 2.92. The Bertz CT molecular complexity index is 985. The van der Waals surface area contributed by atoms with Crippen LogP contribution < -0.4 is 5.56 Å². The highest BCUT2D eigenvalue weighted by molar-refractivity contribution is 7.09. The van der Waals surface area contributed by atoms with Gasteiger partial charge in [0, 0.05) is 44.6 Å². The minimum Gasteiger partial charge on any atom is -0.339 e. The summed E-state index contributed by atoms with van der Waals surface area (Å²) in [5, 5.41) is 6.59. The van der Waals surface area contributed by atoms with Crippen molar-refractivity contribution in [1.82, 2.24) is 29.1 Å². The van der Waals surface area contributed by atoms with Gasteiger partial charge in [-0.15, -0.1) is 11.3 Å². The lowest BCUT2D eigenvalue weighted by Crippen LogP contribution is -2.50. The molecule has 1 aliphatic heterocycles. The molecule has 4 heterocycles. The van der Waals surface area contributed by atoms with Crippen LogP contribution in [-0.4, -0.2) is 67.8 Å². The maximum atomic E-state index is 12.6. The second-order valence-corrected chi connectivity index (χ2v) is 7.77. The predicted octanol–water partition coefficient (Wildman–Crippen LogP) is 0.578. The minimum atomic E-state index is -0.226. The number of nitrogens with zero attached hydrogens (tertiary/aromatic N) is 6. The van der Waals surface area contributed by atoms with Crippen molar-refractivity contribution in [3.05, 3.63) is 45.3 Å². The van der Waals surface area contributed by atoms with Crippen LogP contribution in [0.3, 0.4) is 0 Å². The first-order valence-electron chi connectivity index (χ1n) is 9.01. The van der Waals surface area contributed by atoms with E-state index in [1.54, 1.807) is 23.1 Å². The quantitative estimate of drug-likeness (QED) is 0.641. The van der Waals surface area contributed by atoms with Crippen LogP contribution in [-0.2, 0) is 24.8 Å². The van der Waals surface area contributed by atoms with E-state index in [2.05, 4.69) is 32.5 Å². The number of carbonyl (C=O) groups excluding carboxylic acids is 1. The molecule has 3 aromatic rings. The molecule has 1 saturated heterocycles. The molecule has 8 nitrogen and oxygen atoms in total. The molecule has 9 heteroatoms. The first-order chi connectivity index (χ1) is 13.1. The Labute approximate surface area is 160 Å². The zero-order valence-electron chi connectivity index (χ0n) is 15.2. The summed E-state index contributed by atoms with van der Waals surface area (Å²) in [6, 6.07) is 4.24. The monoisotopic (exact) mass is 386 g/mol. The molecule has 4 rings (SSSR count). The number of piperazine rings is 1. The Hall–Kier alpha value is -2.52. The van der Waals surface area contributed by atoms with Gasteiger partial charge in [0.15, 0.2) is 5.65 Å². The molecule has 0 aliphatic carbocycles. The van der Waals surface area contributed by atoms with Crippen LogP contribution in [0.15, 0.2) is 34.8 Å². The predicted molar refractivity (Wildman–Crippen MR) is 104 cm³/mol. The zero-order valence-corrected chi connectivity index (χ0v) is 16.1. The molecule has 0 saturated carbocycles. The van der Waals surface area contributed by atoms with E-state index in [4.69, 9.17) is 0 Å². The van der Waals surface area contributed by atoms with E-state index in [1.807, 2.05) is 4.90 Å². The van der Waals surface area contributed by atoms with Gasteiger partial charge in [0.1, 0.15) is 18.3 Å². The van der Waals surface area contributed by atoms with E-state index < -0.39 is 0 Å². The summed E-state index contributed by atoms with van der Waals surface area (Å²) in [6.45, 7) is 4.16. The standard InChI is InChI=1S/C18H22N6O2S/c1-21-17-15(11-20-21)18(26)24(13-19-17)12-16(25)23-8-6-22(7-9-23)5-4-14-3-2-10-27-14/h2-3,10-11,13H,4-9,12H2,1H3. The third kappa shape index (κ3) is 3.79. The molecule has 0 unspecified atom stereocenters. The molecule has 27 heavy (non-hydrogen) atoms. The average Bonchev–Trinajstić information content (AvgIpc) is 3.33. The summed E-state index contributed by atoms with van der Waals surface area (Å²) in [6.07, 6.45) is 3.98. The van der Waals surface area contributed by atoms with Crippen LogP contribution in [0.5, 0.6) is 0 Å². The number of amides is 1. The van der Waals surface area contributed by atoms with Crippen molar-refractivity contribution in [2.75, 3.05) is 32.7 Å². The van der Waals surface area contributed by atoms with E-state index in [0.717, 1.165) is 26.1 Å². The summed E-state index contributed by atoms with van der Waals surface area (Å²) in [4.78, 5) is 35.0. The molecule has 0 atom stereocenters. The molecule has 0 aromatic carbocycles. The topological polar surface area (TPSA) is 76.3 Å². The minimum absolute atomic E-state index is 0.0197. The van der Waals surface area contributed by atoms with E-state index in [0.29, 0.717) is 24.1 Å². The highest BCUT2D eigenvalue weighted by atomic mass is 32.1. The number of aromatic nitrogens is 4. The van der Waals surface area contributed by atoms with Gasteiger partial charge in [-0.2, -0.15) is 5.10 Å². The number of hydrogen-bond acceptors (Lipinski definition) is 6. The summed E-state index contributed by atoms with van der Waals surface area (Å²) in [5.74, 6) is -0.0416. The van der Waals surface area contributed by atoms with Gasteiger partial charge in [0.05, 0.1) is 6.20 Å². The van der Waals surface area contributed by atoms with Gasteiger partial charge < -0.3 is 4.90 Å². The highest BCUT2D eigenvalue weighted by Gasteiger charge is 2.22. The van der Waals surface area contributed by atoms with Gasteiger partial charge in [-0.3, -0.25) is 23.7 Å². The maximum Gasteiger partial charge on any atom is 0.264 e. The average molecular weight is 386 g/mol. The van der Waals surface area contributed by atoms with E-state index in [9.17, 15) is 9.59 Å². The lowest BCUT2D eigenvalue weighted by Gasteiger charge is -2.34. The lowest BCUT2D eigenvalue weighted by atomic mass is 10.2. The van der Waals surface area contributed by atoms with Crippen LogP contribution in [0, 0.1) is 0 Å². The van der Waals surface area contributed by atoms with Crippen molar-refractivity contribution in [3.63, 3.8) is 0 Å². The number of thiophene rings is 1. The van der Waals surface area contributed by atoms with Gasteiger partial charge in [0.2, 0.25) is 5.91 Å². The molecular formula is C18H22N6O2S. The molecule has 0 N–H and O–H groups in total. The van der Waals surface area contributed by atoms with Crippen LogP contribution in [0.25, 0.3) is 11.0 Å². The summed E-state index contributed by atoms with van der Waals surface area (Å²) in [7, 11) is 1.74. The van der Waals surface area contributed by atoms with Crippen molar-refractivity contribution in [3.8, 4) is 0 Å². The Morgan fingerprint density at radius 1 is 1.26 bits per heavy atom. The Kier molecular flexibility index (Phi) is 5.04. The van der Waals surface area contributed by atoms with Gasteiger partial charge in [-0.05, 0) is 17.9 Å². The zero-order chi connectivity index (χ0) is 18.8. The van der Waals surface area contributed by atoms with E-state index in [1.165, 1.54) is 22.0 Å². The molecule has 3 aromatic heterocycles. The molecule has 0 bridgehead atoms. The second kappa shape index (κ2) is 7.61. The van der Waals surface area contributed by atoms with Gasteiger partial charge in [-0.1, -0.05) is 6.07 Å². The maximum absolute atomic E-state index is 12.6. The van der Waals surface area contributed by atoms with E-state index in [-0.39, 0.29) is 18.0 Å². The summed E-state index contributed by atoms with van der Waals surface area (Å²) in [5.41, 5.74) is 0.305. The number of aryl methyl sites for hydroxylation is 1. The third-order valence-corrected chi connectivity index (χ3v) is 5.94. The number of rotatable bonds is 5. The Morgan fingerprint density at radius 3 is 2.81 bits per heavy atom. The highest BCUT2D eigenvalue weighted by Crippen LogP contribution is 2.11. The van der Waals surface area contributed by atoms with Gasteiger partial charge in [0.25, 0.3) is 5.56 Å². The fraction of sp³-hybridized carbons (Fsp3) is 0.444. The smallest absolute Gasteiger partial charge is 0.264 e. The van der Waals surface area contributed by atoms with Crippen molar-refractivity contribution in [1.29, 1.82) is 0 Å². The number of carbonyl (C=O) groups is 1. The molecule has 1 amide bonds. The van der Waals surface area contributed by atoms with Gasteiger partial charge in [-0.25, -0.2) is 4.98 Å². The third-order valence-electron chi connectivity index (χ3n) is 5.00. The van der Waals surface area contributed by atoms with Crippen LogP contribution in [0.1, 0.15) is 4.88 Å². The second-order valence-electron chi connectivity index (χ2n) is 6.73. The van der Waals surface area contributed by atoms with Crippen LogP contribution in [0.4, 0.5) is 0 Å². The Balaban J connectivity index is 1.33. The number of hydrogen-bond donors (Lipinski definition) is 0. The molecule has 1 fully saturated rings. The Morgan fingerprint density at radius 2 is 2.07 bits per heavy atom. The van der Waals surface area contributed by atoms with Crippen LogP contribution in [0.2, 0.25) is 0 Å². The summed E-state index contributed by atoms with van der Waals surface area (Å²) >= 11 is 1.79. The largest absolute Gasteiger partial charge is 0.339 e. The number of fused-ring (bicyclic) bond motifs is 1.